The van der Waals surface area contributed by atoms with Crippen molar-refractivity contribution in [2.75, 3.05) is 6.54 Å². The Labute approximate surface area is 140 Å². The average molecular weight is 362 g/mol. The molecule has 21 heavy (non-hydrogen) atoms. The number of halogens is 2. The van der Waals surface area contributed by atoms with E-state index in [1.165, 1.54) is 4.90 Å². The molecule has 1 heterocycles. The van der Waals surface area contributed by atoms with Gasteiger partial charge in [-0.05, 0) is 23.8 Å². The van der Waals surface area contributed by atoms with Crippen LogP contribution in [0.15, 0.2) is 23.1 Å². The van der Waals surface area contributed by atoms with Gasteiger partial charge in [-0.3, -0.25) is 14.5 Å². The molecule has 1 N–H and O–H groups in total. The third-order valence-electron chi connectivity index (χ3n) is 2.66. The monoisotopic (exact) mass is 361 g/mol. The van der Waals surface area contributed by atoms with E-state index in [0.717, 1.165) is 17.3 Å². The lowest BCUT2D eigenvalue weighted by Crippen LogP contribution is -2.30. The number of carboxylic acid groups (broad SMARTS) is 1. The van der Waals surface area contributed by atoms with E-state index in [2.05, 4.69) is 0 Å². The van der Waals surface area contributed by atoms with Gasteiger partial charge in [0.25, 0.3) is 5.91 Å². The average Bonchev–Trinajstić information content (AvgIpc) is 2.67. The molecule has 0 saturated carbocycles. The first-order chi connectivity index (χ1) is 9.88. The molecule has 110 valence electrons. The Kier molecular flexibility index (Phi) is 5.27. The first-order valence-corrected chi connectivity index (χ1v) is 7.79. The van der Waals surface area contributed by atoms with Crippen molar-refractivity contribution in [1.29, 1.82) is 0 Å². The minimum Gasteiger partial charge on any atom is -0.481 e. The molecular weight excluding hydrogens is 353 g/mol. The second kappa shape index (κ2) is 6.79. The fraction of sp³-hybridized carbons (Fsp3) is 0.154. The van der Waals surface area contributed by atoms with Gasteiger partial charge in [-0.15, -0.1) is 0 Å². The van der Waals surface area contributed by atoms with Gasteiger partial charge in [0.05, 0.1) is 21.4 Å². The van der Waals surface area contributed by atoms with E-state index < -0.39 is 5.97 Å². The number of rotatable bonds is 4. The van der Waals surface area contributed by atoms with Crippen molar-refractivity contribution in [3.63, 3.8) is 0 Å². The topological polar surface area (TPSA) is 57.6 Å². The molecule has 0 aliphatic carbocycles. The van der Waals surface area contributed by atoms with Gasteiger partial charge in [-0.25, -0.2) is 0 Å². The van der Waals surface area contributed by atoms with Crippen molar-refractivity contribution < 1.29 is 14.7 Å². The number of hydrogen-bond donors (Lipinski definition) is 1. The summed E-state index contributed by atoms with van der Waals surface area (Å²) in [6.45, 7) is 0.0682. The van der Waals surface area contributed by atoms with Gasteiger partial charge in [0.2, 0.25) is 0 Å². The van der Waals surface area contributed by atoms with Crippen LogP contribution < -0.4 is 0 Å². The maximum absolute atomic E-state index is 12.2. The minimum absolute atomic E-state index is 0.0682. The molecule has 0 aromatic heterocycles. The smallest absolute Gasteiger partial charge is 0.305 e. The van der Waals surface area contributed by atoms with Gasteiger partial charge in [0, 0.05) is 6.54 Å². The molecule has 1 aliphatic rings. The van der Waals surface area contributed by atoms with E-state index >= 15 is 0 Å². The first kappa shape index (κ1) is 16.3. The molecule has 0 spiro atoms. The predicted molar refractivity (Wildman–Crippen MR) is 88.6 cm³/mol. The summed E-state index contributed by atoms with van der Waals surface area (Å²) >= 11 is 18.0. The fourth-order valence-corrected chi connectivity index (χ4v) is 3.27. The number of carbonyl (C=O) groups is 2. The molecule has 0 unspecified atom stereocenters. The molecular formula is C13H9Cl2NO3S2. The van der Waals surface area contributed by atoms with Gasteiger partial charge in [-0.1, -0.05) is 53.2 Å². The zero-order valence-electron chi connectivity index (χ0n) is 10.5. The summed E-state index contributed by atoms with van der Waals surface area (Å²) in [7, 11) is 0. The number of carboxylic acids is 1. The van der Waals surface area contributed by atoms with E-state index in [4.69, 9.17) is 40.5 Å². The van der Waals surface area contributed by atoms with Crippen LogP contribution in [-0.4, -0.2) is 32.7 Å². The lowest BCUT2D eigenvalue weighted by Gasteiger charge is -2.12. The molecule has 1 fully saturated rings. The molecule has 0 radical (unpaired) electrons. The van der Waals surface area contributed by atoms with E-state index in [0.29, 0.717) is 19.3 Å². The van der Waals surface area contributed by atoms with Crippen molar-refractivity contribution in [2.45, 2.75) is 6.42 Å². The number of amides is 1. The van der Waals surface area contributed by atoms with Crippen molar-refractivity contribution in [3.05, 3.63) is 38.7 Å². The molecule has 0 bridgehead atoms. The molecule has 1 aliphatic heterocycles. The van der Waals surface area contributed by atoms with Crippen LogP contribution in [0.3, 0.4) is 0 Å². The predicted octanol–water partition coefficient (Wildman–Crippen LogP) is 3.67. The highest BCUT2D eigenvalue weighted by Gasteiger charge is 2.32. The Balaban J connectivity index is 2.19. The van der Waals surface area contributed by atoms with Crippen LogP contribution in [0, 0.1) is 0 Å². The summed E-state index contributed by atoms with van der Waals surface area (Å²) in [6.07, 6.45) is 1.51. The van der Waals surface area contributed by atoms with E-state index in [1.54, 1.807) is 24.3 Å². The highest BCUT2D eigenvalue weighted by atomic mass is 35.5. The largest absolute Gasteiger partial charge is 0.481 e. The molecule has 4 nitrogen and oxygen atoms in total. The van der Waals surface area contributed by atoms with Crippen molar-refractivity contribution >= 4 is 69.5 Å². The zero-order chi connectivity index (χ0) is 15.6. The summed E-state index contributed by atoms with van der Waals surface area (Å²) < 4.78 is 0.354. The van der Waals surface area contributed by atoms with Crippen LogP contribution in [0.25, 0.3) is 6.08 Å². The summed E-state index contributed by atoms with van der Waals surface area (Å²) in [4.78, 5) is 24.5. The Hall–Kier alpha value is -1.08. The number of hydrogen-bond acceptors (Lipinski definition) is 4. The van der Waals surface area contributed by atoms with Gasteiger partial charge in [-0.2, -0.15) is 0 Å². The number of benzene rings is 1. The number of aliphatic carboxylic acids is 1. The maximum atomic E-state index is 12.2. The molecule has 1 aromatic carbocycles. The lowest BCUT2D eigenvalue weighted by molar-refractivity contribution is -0.137. The van der Waals surface area contributed by atoms with Crippen LogP contribution >= 0.6 is 47.2 Å². The molecule has 1 saturated heterocycles. The Morgan fingerprint density at radius 2 is 2.10 bits per heavy atom. The van der Waals surface area contributed by atoms with Crippen molar-refractivity contribution in [3.8, 4) is 0 Å². The normalized spacial score (nSPS) is 16.9. The van der Waals surface area contributed by atoms with E-state index in [-0.39, 0.29) is 18.9 Å². The SMILES string of the molecule is O=C(O)CCN1C(=O)C(=Cc2ccc(Cl)c(Cl)c2)SC1=S. The maximum Gasteiger partial charge on any atom is 0.305 e. The summed E-state index contributed by atoms with van der Waals surface area (Å²) in [5, 5.41) is 9.50. The minimum atomic E-state index is -0.975. The van der Waals surface area contributed by atoms with Crippen LogP contribution in [0.5, 0.6) is 0 Å². The number of thiocarbonyl (C=S) groups is 1. The summed E-state index contributed by atoms with van der Waals surface area (Å²) in [6, 6.07) is 5.02. The van der Waals surface area contributed by atoms with Gasteiger partial charge >= 0.3 is 5.97 Å². The highest BCUT2D eigenvalue weighted by molar-refractivity contribution is 8.26. The van der Waals surface area contributed by atoms with Crippen LogP contribution in [0.4, 0.5) is 0 Å². The molecule has 2 rings (SSSR count). The molecule has 0 atom stereocenters. The number of nitrogens with zero attached hydrogens (tertiary/aromatic N) is 1. The van der Waals surface area contributed by atoms with E-state index in [9.17, 15) is 9.59 Å². The van der Waals surface area contributed by atoms with Crippen LogP contribution in [-0.2, 0) is 9.59 Å². The van der Waals surface area contributed by atoms with Crippen LogP contribution in [0.2, 0.25) is 10.0 Å². The Morgan fingerprint density at radius 1 is 1.38 bits per heavy atom. The molecule has 1 aromatic rings. The highest BCUT2D eigenvalue weighted by Crippen LogP contribution is 2.33. The quantitative estimate of drug-likeness (QED) is 0.654. The molecule has 1 amide bonds. The second-order valence-corrected chi connectivity index (χ2v) is 6.64. The van der Waals surface area contributed by atoms with Gasteiger partial charge < -0.3 is 5.11 Å². The first-order valence-electron chi connectivity index (χ1n) is 5.80. The fourth-order valence-electron chi connectivity index (χ4n) is 1.65. The second-order valence-electron chi connectivity index (χ2n) is 4.15. The standard InChI is InChI=1S/C13H9Cl2NO3S2/c14-8-2-1-7(5-9(8)15)6-10-12(19)16(13(20)21-10)4-3-11(17)18/h1-2,5-6H,3-4H2,(H,17,18). The third kappa shape index (κ3) is 3.97. The Bertz CT molecular complexity index is 661. The van der Waals surface area contributed by atoms with Crippen LogP contribution in [0.1, 0.15) is 12.0 Å². The summed E-state index contributed by atoms with van der Waals surface area (Å²) in [5.74, 6) is -1.27. The summed E-state index contributed by atoms with van der Waals surface area (Å²) in [5.41, 5.74) is 0.725. The van der Waals surface area contributed by atoms with Crippen molar-refractivity contribution in [2.24, 2.45) is 0 Å². The Morgan fingerprint density at radius 3 is 2.71 bits per heavy atom. The third-order valence-corrected chi connectivity index (χ3v) is 4.78. The lowest BCUT2D eigenvalue weighted by atomic mass is 10.2. The van der Waals surface area contributed by atoms with Crippen molar-refractivity contribution in [1.82, 2.24) is 4.90 Å². The number of carbonyl (C=O) groups excluding carboxylic acids is 1. The van der Waals surface area contributed by atoms with E-state index in [1.807, 2.05) is 0 Å². The molecule has 8 heteroatoms. The van der Waals surface area contributed by atoms with Gasteiger partial charge in [0.1, 0.15) is 4.32 Å². The number of thioether (sulfide) groups is 1. The van der Waals surface area contributed by atoms with Gasteiger partial charge in [0.15, 0.2) is 0 Å². The zero-order valence-corrected chi connectivity index (χ0v) is 13.7.